The fraction of sp³-hybridized carbons (Fsp3) is 0.107. The largest absolute Gasteiger partial charge is 0.490 e. The van der Waals surface area contributed by atoms with E-state index in [9.17, 15) is 13.6 Å². The van der Waals surface area contributed by atoms with E-state index in [1.165, 1.54) is 12.1 Å². The lowest BCUT2D eigenvalue weighted by Crippen LogP contribution is -2.14. The van der Waals surface area contributed by atoms with Gasteiger partial charge in [0, 0.05) is 11.6 Å². The third kappa shape index (κ3) is 6.04. The molecule has 0 heterocycles. The van der Waals surface area contributed by atoms with Gasteiger partial charge in [0.2, 0.25) is 0 Å². The zero-order valence-electron chi connectivity index (χ0n) is 17.8. The summed E-state index contributed by atoms with van der Waals surface area (Å²) in [5.41, 5.74) is 4.02. The second kappa shape index (κ2) is 10.6. The quantitative estimate of drug-likeness (QED) is 0.231. The Kier molecular flexibility index (Phi) is 7.10. The number of carbonyl (C=O) groups is 1. The van der Waals surface area contributed by atoms with E-state index in [4.69, 9.17) is 9.47 Å². The van der Waals surface area contributed by atoms with E-state index in [-0.39, 0.29) is 25.6 Å². The van der Waals surface area contributed by atoms with Crippen LogP contribution in [0.5, 0.6) is 5.75 Å². The minimum absolute atomic E-state index is 0.120. The Morgan fingerprint density at radius 2 is 1.36 bits per heavy atom. The summed E-state index contributed by atoms with van der Waals surface area (Å²) in [6, 6.07) is 28.1. The first-order chi connectivity index (χ1) is 16.1. The molecule has 0 N–H and O–H groups in total. The molecule has 3 nitrogen and oxygen atoms in total. The molecule has 0 amide bonds. The summed E-state index contributed by atoms with van der Waals surface area (Å²) >= 11 is 0. The number of hydrogen-bond acceptors (Lipinski definition) is 3. The minimum Gasteiger partial charge on any atom is -0.490 e. The average Bonchev–Trinajstić information content (AvgIpc) is 2.83. The highest BCUT2D eigenvalue weighted by Crippen LogP contribution is 2.25. The van der Waals surface area contributed by atoms with Gasteiger partial charge in [-0.3, -0.25) is 4.79 Å². The van der Waals surface area contributed by atoms with Gasteiger partial charge in [-0.2, -0.15) is 0 Å². The number of rotatable bonds is 8. The fourth-order valence-corrected chi connectivity index (χ4v) is 3.43. The van der Waals surface area contributed by atoms with Crippen LogP contribution in [-0.4, -0.2) is 19.2 Å². The SMILES string of the molecule is O=C(Cc1ccc(-c2ccccc2)cc1)OCCOc1ccc(-c2ccc(F)cc2F)cc1. The lowest BCUT2D eigenvalue weighted by atomic mass is 10.0. The number of esters is 1. The second-order valence-corrected chi connectivity index (χ2v) is 7.46. The normalized spacial score (nSPS) is 10.6. The van der Waals surface area contributed by atoms with Crippen LogP contribution in [0.15, 0.2) is 97.1 Å². The summed E-state index contributed by atoms with van der Waals surface area (Å²) in [4.78, 5) is 12.1. The van der Waals surface area contributed by atoms with Gasteiger partial charge in [-0.05, 0) is 46.5 Å². The van der Waals surface area contributed by atoms with E-state index >= 15 is 0 Å². The van der Waals surface area contributed by atoms with Crippen LogP contribution in [-0.2, 0) is 16.0 Å². The van der Waals surface area contributed by atoms with Gasteiger partial charge in [-0.1, -0.05) is 66.7 Å². The maximum Gasteiger partial charge on any atom is 0.310 e. The molecule has 0 unspecified atom stereocenters. The molecule has 0 bridgehead atoms. The first kappa shape index (κ1) is 22.2. The Morgan fingerprint density at radius 3 is 2.06 bits per heavy atom. The molecule has 0 saturated carbocycles. The Bertz CT molecular complexity index is 1200. The van der Waals surface area contributed by atoms with E-state index in [2.05, 4.69) is 0 Å². The van der Waals surface area contributed by atoms with Crippen LogP contribution in [0, 0.1) is 11.6 Å². The molecule has 0 spiro atoms. The highest BCUT2D eigenvalue weighted by molar-refractivity contribution is 5.73. The molecule has 0 aliphatic heterocycles. The van der Waals surface area contributed by atoms with Gasteiger partial charge < -0.3 is 9.47 Å². The summed E-state index contributed by atoms with van der Waals surface area (Å²) in [5.74, 6) is -0.998. The van der Waals surface area contributed by atoms with Crippen LogP contribution in [0.25, 0.3) is 22.3 Å². The Morgan fingerprint density at radius 1 is 0.697 bits per heavy atom. The van der Waals surface area contributed by atoms with Crippen LogP contribution in [0.2, 0.25) is 0 Å². The van der Waals surface area contributed by atoms with Gasteiger partial charge >= 0.3 is 5.97 Å². The van der Waals surface area contributed by atoms with E-state index in [0.29, 0.717) is 16.9 Å². The molecule has 0 radical (unpaired) electrons. The van der Waals surface area contributed by atoms with Crippen molar-refractivity contribution in [2.24, 2.45) is 0 Å². The Balaban J connectivity index is 1.21. The Labute approximate surface area is 191 Å². The zero-order valence-corrected chi connectivity index (χ0v) is 17.8. The summed E-state index contributed by atoms with van der Waals surface area (Å²) in [5, 5.41) is 0. The topological polar surface area (TPSA) is 35.5 Å². The molecule has 0 saturated heterocycles. The number of carbonyl (C=O) groups excluding carboxylic acids is 1. The maximum atomic E-state index is 13.9. The highest BCUT2D eigenvalue weighted by Gasteiger charge is 2.08. The summed E-state index contributed by atoms with van der Waals surface area (Å²) < 4.78 is 37.8. The molecule has 4 aromatic carbocycles. The molecule has 0 fully saturated rings. The zero-order chi connectivity index (χ0) is 23.0. The number of halogens is 2. The molecule has 166 valence electrons. The van der Waals surface area contributed by atoms with Crippen molar-refractivity contribution < 1.29 is 23.0 Å². The molecular weight excluding hydrogens is 422 g/mol. The molecule has 0 aromatic heterocycles. The molecule has 0 atom stereocenters. The third-order valence-corrected chi connectivity index (χ3v) is 5.12. The van der Waals surface area contributed by atoms with E-state index < -0.39 is 11.6 Å². The lowest BCUT2D eigenvalue weighted by molar-refractivity contribution is -0.143. The first-order valence-electron chi connectivity index (χ1n) is 10.6. The summed E-state index contributed by atoms with van der Waals surface area (Å²) in [6.45, 7) is 0.318. The molecule has 33 heavy (non-hydrogen) atoms. The molecular formula is C28H22F2O3. The van der Waals surface area contributed by atoms with Crippen molar-refractivity contribution in [2.75, 3.05) is 13.2 Å². The second-order valence-electron chi connectivity index (χ2n) is 7.46. The van der Waals surface area contributed by atoms with Crippen molar-refractivity contribution >= 4 is 5.97 Å². The van der Waals surface area contributed by atoms with Gasteiger partial charge in [-0.25, -0.2) is 8.78 Å². The van der Waals surface area contributed by atoms with E-state index in [1.54, 1.807) is 24.3 Å². The van der Waals surface area contributed by atoms with E-state index in [1.807, 2.05) is 54.6 Å². The van der Waals surface area contributed by atoms with Gasteiger partial charge in [0.05, 0.1) is 6.42 Å². The number of hydrogen-bond donors (Lipinski definition) is 0. The fourth-order valence-electron chi connectivity index (χ4n) is 3.43. The first-order valence-corrected chi connectivity index (χ1v) is 10.6. The van der Waals surface area contributed by atoms with Crippen LogP contribution in [0.1, 0.15) is 5.56 Å². The van der Waals surface area contributed by atoms with Gasteiger partial charge in [0.1, 0.15) is 30.6 Å². The molecule has 5 heteroatoms. The van der Waals surface area contributed by atoms with Gasteiger partial charge in [0.25, 0.3) is 0 Å². The molecule has 4 aromatic rings. The summed E-state index contributed by atoms with van der Waals surface area (Å²) in [6.07, 6.45) is 0.188. The van der Waals surface area contributed by atoms with Crippen molar-refractivity contribution in [3.8, 4) is 28.0 Å². The van der Waals surface area contributed by atoms with Crippen LogP contribution >= 0.6 is 0 Å². The lowest BCUT2D eigenvalue weighted by Gasteiger charge is -2.09. The molecule has 0 aliphatic rings. The number of ether oxygens (including phenoxy) is 2. The molecule has 0 aliphatic carbocycles. The average molecular weight is 444 g/mol. The van der Waals surface area contributed by atoms with Crippen LogP contribution < -0.4 is 4.74 Å². The van der Waals surface area contributed by atoms with E-state index in [0.717, 1.165) is 22.8 Å². The van der Waals surface area contributed by atoms with Crippen molar-refractivity contribution in [2.45, 2.75) is 6.42 Å². The predicted molar refractivity (Wildman–Crippen MR) is 124 cm³/mol. The Hall–Kier alpha value is -3.99. The smallest absolute Gasteiger partial charge is 0.310 e. The highest BCUT2D eigenvalue weighted by atomic mass is 19.1. The van der Waals surface area contributed by atoms with Crippen LogP contribution in [0.3, 0.4) is 0 Å². The summed E-state index contributed by atoms with van der Waals surface area (Å²) in [7, 11) is 0. The van der Waals surface area contributed by atoms with Gasteiger partial charge in [0.15, 0.2) is 0 Å². The standard InChI is InChI=1S/C28H22F2O3/c29-24-12-15-26(27(30)19-24)23-10-13-25(14-11-23)32-16-17-33-28(31)18-20-6-8-22(9-7-20)21-4-2-1-3-5-21/h1-15,19H,16-18H2. The van der Waals surface area contributed by atoms with Crippen molar-refractivity contribution in [3.63, 3.8) is 0 Å². The van der Waals surface area contributed by atoms with Crippen LogP contribution in [0.4, 0.5) is 8.78 Å². The minimum atomic E-state index is -0.620. The number of benzene rings is 4. The molecule has 4 rings (SSSR count). The monoisotopic (exact) mass is 444 g/mol. The van der Waals surface area contributed by atoms with Gasteiger partial charge in [-0.15, -0.1) is 0 Å². The third-order valence-electron chi connectivity index (χ3n) is 5.12. The predicted octanol–water partition coefficient (Wildman–Crippen LogP) is 6.46. The maximum absolute atomic E-state index is 13.9. The van der Waals surface area contributed by atoms with Crippen molar-refractivity contribution in [1.29, 1.82) is 0 Å². The van der Waals surface area contributed by atoms with Crippen molar-refractivity contribution in [1.82, 2.24) is 0 Å². The van der Waals surface area contributed by atoms with Crippen molar-refractivity contribution in [3.05, 3.63) is 114 Å².